The van der Waals surface area contributed by atoms with E-state index in [-0.39, 0.29) is 13.2 Å². The number of carbonyl (C=O) groups excluding carboxylic acids is 2. The molecule has 5 N–H and O–H groups in total. The molecule has 0 bridgehead atoms. The molecule has 0 radical (unpaired) electrons. The highest BCUT2D eigenvalue weighted by Gasteiger charge is 2.24. The van der Waals surface area contributed by atoms with Crippen LogP contribution in [0.3, 0.4) is 0 Å². The van der Waals surface area contributed by atoms with Crippen LogP contribution in [0.2, 0.25) is 0 Å². The number of nitrogens with one attached hydrogen (secondary N) is 1. The van der Waals surface area contributed by atoms with E-state index in [0.29, 0.717) is 0 Å². The molecule has 0 rings (SSSR count). The Bertz CT molecular complexity index is 335. The van der Waals surface area contributed by atoms with Gasteiger partial charge in [-0.1, -0.05) is 0 Å². The number of likely N-dealkylation sites (N-methyl/N-ethyl adjacent to an activating group) is 1. The Hall–Kier alpha value is -1.87. The highest BCUT2D eigenvalue weighted by atomic mass is 16.5. The molecule has 0 aromatic heterocycles. The molecule has 0 heterocycles. The lowest BCUT2D eigenvalue weighted by Gasteiger charge is -2.22. The molecular weight excluding hydrogens is 258 g/mol. The van der Waals surface area contributed by atoms with Crippen molar-refractivity contribution in [3.63, 3.8) is 0 Å². The zero-order valence-electron chi connectivity index (χ0n) is 10.8. The third-order valence-electron chi connectivity index (χ3n) is 2.19. The summed E-state index contributed by atoms with van der Waals surface area (Å²) in [6.45, 7) is 0.00382. The van der Waals surface area contributed by atoms with Crippen molar-refractivity contribution in [3.8, 4) is 0 Å². The van der Waals surface area contributed by atoms with Gasteiger partial charge in [-0.2, -0.15) is 0 Å². The van der Waals surface area contributed by atoms with Crippen LogP contribution in [0.4, 0.5) is 4.79 Å². The van der Waals surface area contributed by atoms with Gasteiger partial charge < -0.3 is 30.9 Å². The van der Waals surface area contributed by atoms with Gasteiger partial charge >= 0.3 is 12.0 Å². The van der Waals surface area contributed by atoms with Gasteiger partial charge in [0.05, 0.1) is 25.7 Å². The summed E-state index contributed by atoms with van der Waals surface area (Å²) < 4.78 is 4.69. The van der Waals surface area contributed by atoms with Gasteiger partial charge in [0.1, 0.15) is 6.04 Å². The monoisotopic (exact) mass is 277 g/mol. The summed E-state index contributed by atoms with van der Waals surface area (Å²) in [4.78, 5) is 34.2. The van der Waals surface area contributed by atoms with Crippen LogP contribution < -0.4 is 11.1 Å². The fourth-order valence-corrected chi connectivity index (χ4v) is 1.30. The predicted molar refractivity (Wildman–Crippen MR) is 64.3 cm³/mol. The van der Waals surface area contributed by atoms with E-state index in [2.05, 4.69) is 5.32 Å². The number of nitrogens with two attached hydrogens (primary N) is 1. The molecule has 0 saturated carbocycles. The molecule has 2 atom stereocenters. The van der Waals surface area contributed by atoms with Crippen LogP contribution in [-0.2, 0) is 14.3 Å². The van der Waals surface area contributed by atoms with Crippen molar-refractivity contribution in [1.29, 1.82) is 0 Å². The lowest BCUT2D eigenvalue weighted by atomic mass is 10.2. The molecule has 0 fully saturated rings. The van der Waals surface area contributed by atoms with Crippen molar-refractivity contribution in [2.75, 3.05) is 27.3 Å². The number of methoxy groups -OCH3 is 1. The third kappa shape index (κ3) is 7.21. The Balaban J connectivity index is 4.38. The van der Waals surface area contributed by atoms with Crippen LogP contribution >= 0.6 is 0 Å². The van der Waals surface area contributed by atoms with Crippen LogP contribution in [0.1, 0.15) is 6.42 Å². The third-order valence-corrected chi connectivity index (χ3v) is 2.19. The van der Waals surface area contributed by atoms with Gasteiger partial charge in [0.25, 0.3) is 0 Å². The molecule has 0 aromatic rings. The van der Waals surface area contributed by atoms with Gasteiger partial charge in [-0.25, -0.2) is 9.59 Å². The van der Waals surface area contributed by atoms with Crippen molar-refractivity contribution in [2.24, 2.45) is 5.73 Å². The number of aliphatic hydroxyl groups excluding tert-OH is 1. The number of urea groups is 1. The topological polar surface area (TPSA) is 142 Å². The van der Waals surface area contributed by atoms with Crippen molar-refractivity contribution < 1.29 is 29.3 Å². The maximum Gasteiger partial charge on any atom is 0.326 e. The van der Waals surface area contributed by atoms with Gasteiger partial charge in [0, 0.05) is 14.2 Å². The fraction of sp³-hybridized carbons (Fsp3) is 0.700. The smallest absolute Gasteiger partial charge is 0.326 e. The SMILES string of the molecule is COCC(O)CN(C)C(=O)NC(CC(N)=O)C(=O)O. The van der Waals surface area contributed by atoms with E-state index in [0.717, 1.165) is 4.90 Å². The van der Waals surface area contributed by atoms with Crippen LogP contribution in [-0.4, -0.2) is 72.5 Å². The zero-order valence-corrected chi connectivity index (χ0v) is 10.8. The van der Waals surface area contributed by atoms with E-state index in [4.69, 9.17) is 15.6 Å². The van der Waals surface area contributed by atoms with Crippen molar-refractivity contribution >= 4 is 17.9 Å². The zero-order chi connectivity index (χ0) is 15.0. The van der Waals surface area contributed by atoms with Gasteiger partial charge in [0.2, 0.25) is 5.91 Å². The first-order valence-corrected chi connectivity index (χ1v) is 5.47. The van der Waals surface area contributed by atoms with E-state index >= 15 is 0 Å². The first-order chi connectivity index (χ1) is 8.77. The number of carboxylic acid groups (broad SMARTS) is 1. The summed E-state index contributed by atoms with van der Waals surface area (Å²) in [7, 11) is 2.77. The first-order valence-electron chi connectivity index (χ1n) is 5.47. The van der Waals surface area contributed by atoms with Crippen molar-refractivity contribution in [3.05, 3.63) is 0 Å². The normalized spacial score (nSPS) is 13.4. The number of ether oxygens (including phenoxy) is 1. The van der Waals surface area contributed by atoms with Crippen LogP contribution in [0.15, 0.2) is 0 Å². The Morgan fingerprint density at radius 3 is 2.42 bits per heavy atom. The molecule has 0 aliphatic carbocycles. The Labute approximate surface area is 110 Å². The largest absolute Gasteiger partial charge is 0.480 e. The molecule has 3 amide bonds. The molecule has 0 aliphatic rings. The minimum atomic E-state index is -1.40. The number of carboxylic acids is 1. The highest BCUT2D eigenvalue weighted by molar-refractivity contribution is 5.87. The summed E-state index contributed by atoms with van der Waals surface area (Å²) in [5.74, 6) is -2.20. The number of aliphatic hydroxyl groups is 1. The van der Waals surface area contributed by atoms with Crippen molar-refractivity contribution in [2.45, 2.75) is 18.6 Å². The summed E-state index contributed by atoms with van der Waals surface area (Å²) in [6, 6.07) is -2.13. The minimum absolute atomic E-state index is 0.0391. The average molecular weight is 277 g/mol. The summed E-state index contributed by atoms with van der Waals surface area (Å²) >= 11 is 0. The van der Waals surface area contributed by atoms with E-state index in [1.54, 1.807) is 0 Å². The predicted octanol–water partition coefficient (Wildman–Crippen LogP) is -2.04. The maximum atomic E-state index is 11.6. The van der Waals surface area contributed by atoms with Gasteiger partial charge in [-0.3, -0.25) is 4.79 Å². The lowest BCUT2D eigenvalue weighted by molar-refractivity contribution is -0.140. The first kappa shape index (κ1) is 17.1. The second kappa shape index (κ2) is 8.27. The second-order valence-electron chi connectivity index (χ2n) is 4.00. The number of hydrogen-bond acceptors (Lipinski definition) is 5. The van der Waals surface area contributed by atoms with Gasteiger partial charge in [-0.05, 0) is 0 Å². The average Bonchev–Trinajstić information content (AvgIpc) is 2.27. The van der Waals surface area contributed by atoms with E-state index in [1.165, 1.54) is 14.2 Å². The number of aliphatic carboxylic acids is 1. The minimum Gasteiger partial charge on any atom is -0.480 e. The number of primary amides is 1. The summed E-state index contributed by atoms with van der Waals surface area (Å²) in [5.41, 5.74) is 4.88. The highest BCUT2D eigenvalue weighted by Crippen LogP contribution is 1.96. The fourth-order valence-electron chi connectivity index (χ4n) is 1.30. The Morgan fingerprint density at radius 2 is 2.00 bits per heavy atom. The van der Waals surface area contributed by atoms with E-state index < -0.39 is 36.5 Å². The van der Waals surface area contributed by atoms with E-state index in [9.17, 15) is 19.5 Å². The Morgan fingerprint density at radius 1 is 1.42 bits per heavy atom. The number of nitrogens with zero attached hydrogens (tertiary/aromatic N) is 1. The van der Waals surface area contributed by atoms with Crippen LogP contribution in [0, 0.1) is 0 Å². The molecule has 0 aliphatic heterocycles. The summed E-state index contributed by atoms with van der Waals surface area (Å²) in [6.07, 6.45) is -1.39. The molecule has 0 spiro atoms. The van der Waals surface area contributed by atoms with Gasteiger partial charge in [-0.15, -0.1) is 0 Å². The molecule has 19 heavy (non-hydrogen) atoms. The quantitative estimate of drug-likeness (QED) is 0.403. The molecule has 110 valence electrons. The standard InChI is InChI=1S/C10H19N3O6/c1-13(4-6(14)5-19-2)10(18)12-7(9(16)17)3-8(11)15/h6-7,14H,3-5H2,1-2H3,(H2,11,15)(H,12,18)(H,16,17). The molecule has 2 unspecified atom stereocenters. The number of carbonyl (C=O) groups is 3. The molecule has 9 heteroatoms. The molecule has 9 nitrogen and oxygen atoms in total. The number of amides is 3. The molecular formula is C10H19N3O6. The lowest BCUT2D eigenvalue weighted by Crippen LogP contribution is -2.49. The second-order valence-corrected chi connectivity index (χ2v) is 4.00. The van der Waals surface area contributed by atoms with Crippen LogP contribution in [0.5, 0.6) is 0 Å². The van der Waals surface area contributed by atoms with E-state index in [1.807, 2.05) is 0 Å². The maximum absolute atomic E-state index is 11.6. The van der Waals surface area contributed by atoms with Crippen LogP contribution in [0.25, 0.3) is 0 Å². The summed E-state index contributed by atoms with van der Waals surface area (Å²) in [5, 5.41) is 20.4. The number of rotatable bonds is 8. The number of hydrogen-bond donors (Lipinski definition) is 4. The molecule has 0 saturated heterocycles. The van der Waals surface area contributed by atoms with Gasteiger partial charge in [0.15, 0.2) is 0 Å². The Kier molecular flexibility index (Phi) is 7.46. The molecule has 0 aromatic carbocycles. The van der Waals surface area contributed by atoms with Crippen molar-refractivity contribution in [1.82, 2.24) is 10.2 Å².